The molecule has 1 fully saturated rings. The maximum atomic E-state index is 6.32. The van der Waals surface area contributed by atoms with Gasteiger partial charge in [0.15, 0.2) is 0 Å². The number of rotatable bonds is 1. The summed E-state index contributed by atoms with van der Waals surface area (Å²) < 4.78 is 5.72. The van der Waals surface area contributed by atoms with Crippen LogP contribution in [0.25, 0.3) is 11.1 Å². The molecule has 2 N–H and O–H groups in total. The number of fused-ring (bicyclic) bond motifs is 1. The van der Waals surface area contributed by atoms with Crippen LogP contribution < -0.4 is 5.73 Å². The fourth-order valence-corrected chi connectivity index (χ4v) is 2.37. The third-order valence-electron chi connectivity index (χ3n) is 3.28. The van der Waals surface area contributed by atoms with Gasteiger partial charge in [-0.2, -0.15) is 0 Å². The normalized spacial score (nSPS) is 19.8. The van der Waals surface area contributed by atoms with Gasteiger partial charge in [0.1, 0.15) is 5.76 Å². The van der Waals surface area contributed by atoms with Crippen molar-refractivity contribution in [3.05, 3.63) is 30.2 Å². The van der Waals surface area contributed by atoms with Crippen molar-refractivity contribution in [2.45, 2.75) is 31.2 Å². The Kier molecular flexibility index (Phi) is 1.83. The largest absolute Gasteiger partial charge is 0.441 e. The van der Waals surface area contributed by atoms with Crippen molar-refractivity contribution < 1.29 is 4.42 Å². The van der Waals surface area contributed by atoms with Gasteiger partial charge in [0.2, 0.25) is 5.71 Å². The molecule has 3 nitrogen and oxygen atoms in total. The average molecular weight is 202 g/mol. The predicted molar refractivity (Wildman–Crippen MR) is 58.3 cm³/mol. The summed E-state index contributed by atoms with van der Waals surface area (Å²) in [6.07, 6.45) is 6.18. The summed E-state index contributed by atoms with van der Waals surface area (Å²) in [5.74, 6) is 0.897. The second-order valence-corrected chi connectivity index (χ2v) is 4.37. The van der Waals surface area contributed by atoms with Crippen LogP contribution in [-0.4, -0.2) is 4.98 Å². The van der Waals surface area contributed by atoms with Crippen LogP contribution in [0.4, 0.5) is 0 Å². The van der Waals surface area contributed by atoms with Crippen LogP contribution in [0, 0.1) is 0 Å². The minimum atomic E-state index is -0.249. The zero-order chi connectivity index (χ0) is 10.3. The Morgan fingerprint density at radius 2 is 2.13 bits per heavy atom. The molecule has 0 aromatic carbocycles. The Labute approximate surface area is 88.3 Å². The molecule has 2 aromatic rings. The zero-order valence-electron chi connectivity index (χ0n) is 8.57. The Morgan fingerprint density at radius 3 is 2.87 bits per heavy atom. The Morgan fingerprint density at radius 1 is 1.33 bits per heavy atom. The van der Waals surface area contributed by atoms with E-state index in [-0.39, 0.29) is 5.54 Å². The molecule has 0 spiro atoms. The summed E-state index contributed by atoms with van der Waals surface area (Å²) in [7, 11) is 0. The molecule has 0 bridgehead atoms. The molecule has 3 rings (SSSR count). The van der Waals surface area contributed by atoms with Crippen LogP contribution in [-0.2, 0) is 5.54 Å². The molecule has 3 heteroatoms. The summed E-state index contributed by atoms with van der Waals surface area (Å²) in [5, 5.41) is 1.05. The maximum Gasteiger partial charge on any atom is 0.226 e. The zero-order valence-corrected chi connectivity index (χ0v) is 8.57. The lowest BCUT2D eigenvalue weighted by molar-refractivity contribution is 0.360. The van der Waals surface area contributed by atoms with Gasteiger partial charge in [-0.25, -0.2) is 4.98 Å². The topological polar surface area (TPSA) is 52.0 Å². The minimum Gasteiger partial charge on any atom is -0.441 e. The second kappa shape index (κ2) is 3.07. The molecule has 2 heterocycles. The Hall–Kier alpha value is -1.35. The lowest BCUT2D eigenvalue weighted by Gasteiger charge is -2.19. The highest BCUT2D eigenvalue weighted by atomic mass is 16.3. The quantitative estimate of drug-likeness (QED) is 0.773. The molecular weight excluding hydrogens is 188 g/mol. The van der Waals surface area contributed by atoms with Crippen LogP contribution in [0.3, 0.4) is 0 Å². The van der Waals surface area contributed by atoms with Crippen LogP contribution >= 0.6 is 0 Å². The molecule has 2 aromatic heterocycles. The fraction of sp³-hybridized carbons (Fsp3) is 0.417. The van der Waals surface area contributed by atoms with E-state index < -0.39 is 0 Å². The molecule has 78 valence electrons. The molecule has 0 amide bonds. The van der Waals surface area contributed by atoms with Crippen molar-refractivity contribution in [2.24, 2.45) is 5.73 Å². The highest BCUT2D eigenvalue weighted by Gasteiger charge is 2.34. The van der Waals surface area contributed by atoms with Gasteiger partial charge < -0.3 is 10.2 Å². The van der Waals surface area contributed by atoms with E-state index in [0.717, 1.165) is 24.0 Å². The SMILES string of the molecule is NC1(c2cc3cccnc3o2)CCCC1. The number of nitrogens with zero attached hydrogens (tertiary/aromatic N) is 1. The van der Waals surface area contributed by atoms with E-state index >= 15 is 0 Å². The third-order valence-corrected chi connectivity index (χ3v) is 3.28. The third kappa shape index (κ3) is 1.35. The van der Waals surface area contributed by atoms with E-state index in [4.69, 9.17) is 10.2 Å². The first-order valence-electron chi connectivity index (χ1n) is 5.42. The van der Waals surface area contributed by atoms with Crippen molar-refractivity contribution in [3.8, 4) is 0 Å². The van der Waals surface area contributed by atoms with Gasteiger partial charge >= 0.3 is 0 Å². The summed E-state index contributed by atoms with van der Waals surface area (Å²) in [6, 6.07) is 5.96. The van der Waals surface area contributed by atoms with Crippen LogP contribution in [0.2, 0.25) is 0 Å². The number of nitrogens with two attached hydrogens (primary N) is 1. The van der Waals surface area contributed by atoms with Crippen LogP contribution in [0.5, 0.6) is 0 Å². The van der Waals surface area contributed by atoms with Gasteiger partial charge in [0.25, 0.3) is 0 Å². The molecule has 1 saturated carbocycles. The van der Waals surface area contributed by atoms with Gasteiger partial charge in [0, 0.05) is 11.6 Å². The Bertz CT molecular complexity index is 450. The summed E-state index contributed by atoms with van der Waals surface area (Å²) in [6.45, 7) is 0. The number of aromatic nitrogens is 1. The second-order valence-electron chi connectivity index (χ2n) is 4.37. The number of hydrogen-bond donors (Lipinski definition) is 1. The van der Waals surface area contributed by atoms with E-state index in [1.165, 1.54) is 12.8 Å². The van der Waals surface area contributed by atoms with Gasteiger partial charge in [-0.3, -0.25) is 0 Å². The van der Waals surface area contributed by atoms with Crippen molar-refractivity contribution in [1.29, 1.82) is 0 Å². The van der Waals surface area contributed by atoms with Crippen molar-refractivity contribution in [2.75, 3.05) is 0 Å². The number of hydrogen-bond acceptors (Lipinski definition) is 3. The van der Waals surface area contributed by atoms with Crippen LogP contribution in [0.15, 0.2) is 28.8 Å². The lowest BCUT2D eigenvalue weighted by Crippen LogP contribution is -2.32. The molecule has 0 atom stereocenters. The molecule has 0 radical (unpaired) electrons. The predicted octanol–water partition coefficient (Wildman–Crippen LogP) is 2.56. The molecule has 0 aliphatic heterocycles. The highest BCUT2D eigenvalue weighted by molar-refractivity contribution is 5.73. The first kappa shape index (κ1) is 8.92. The molecule has 1 aliphatic rings. The number of furan rings is 1. The van der Waals surface area contributed by atoms with Crippen molar-refractivity contribution in [1.82, 2.24) is 4.98 Å². The first-order chi connectivity index (χ1) is 7.28. The van der Waals surface area contributed by atoms with Gasteiger partial charge in [-0.15, -0.1) is 0 Å². The van der Waals surface area contributed by atoms with E-state index in [1.54, 1.807) is 6.20 Å². The highest BCUT2D eigenvalue weighted by Crippen LogP contribution is 2.38. The van der Waals surface area contributed by atoms with Gasteiger partial charge in [0.05, 0.1) is 5.54 Å². The molecule has 1 aliphatic carbocycles. The monoisotopic (exact) mass is 202 g/mol. The summed E-state index contributed by atoms with van der Waals surface area (Å²) in [4.78, 5) is 4.18. The van der Waals surface area contributed by atoms with Crippen molar-refractivity contribution in [3.63, 3.8) is 0 Å². The molecule has 15 heavy (non-hydrogen) atoms. The lowest BCUT2D eigenvalue weighted by atomic mass is 9.96. The minimum absolute atomic E-state index is 0.249. The Balaban J connectivity index is 2.11. The fourth-order valence-electron chi connectivity index (χ4n) is 2.37. The standard InChI is InChI=1S/C12H14N2O/c13-12(5-1-2-6-12)10-8-9-4-3-7-14-11(9)15-10/h3-4,7-8H,1-2,5-6,13H2. The molecular formula is C12H14N2O. The van der Waals surface area contributed by atoms with E-state index in [0.29, 0.717) is 5.71 Å². The van der Waals surface area contributed by atoms with E-state index in [2.05, 4.69) is 4.98 Å². The average Bonchev–Trinajstić information content (AvgIpc) is 2.84. The summed E-state index contributed by atoms with van der Waals surface area (Å²) in [5.41, 5.74) is 6.77. The first-order valence-corrected chi connectivity index (χ1v) is 5.42. The van der Waals surface area contributed by atoms with Crippen LogP contribution in [0.1, 0.15) is 31.4 Å². The van der Waals surface area contributed by atoms with E-state index in [1.807, 2.05) is 18.2 Å². The maximum absolute atomic E-state index is 6.32. The molecule has 0 saturated heterocycles. The van der Waals surface area contributed by atoms with Gasteiger partial charge in [-0.05, 0) is 31.0 Å². The van der Waals surface area contributed by atoms with E-state index in [9.17, 15) is 0 Å². The van der Waals surface area contributed by atoms with Gasteiger partial charge in [-0.1, -0.05) is 12.8 Å². The molecule has 0 unspecified atom stereocenters. The smallest absolute Gasteiger partial charge is 0.226 e. The summed E-state index contributed by atoms with van der Waals surface area (Å²) >= 11 is 0. The number of pyridine rings is 1. The van der Waals surface area contributed by atoms with Crippen molar-refractivity contribution >= 4 is 11.1 Å².